The van der Waals surface area contributed by atoms with Gasteiger partial charge in [0.1, 0.15) is 11.9 Å². The van der Waals surface area contributed by atoms with Gasteiger partial charge in [0.05, 0.1) is 0 Å². The third-order valence-electron chi connectivity index (χ3n) is 4.28. The second-order valence-electron chi connectivity index (χ2n) is 5.76. The van der Waals surface area contributed by atoms with E-state index in [1.54, 1.807) is 6.92 Å². The fourth-order valence-electron chi connectivity index (χ4n) is 2.91. The topological polar surface area (TPSA) is 82.1 Å². The van der Waals surface area contributed by atoms with E-state index in [0.29, 0.717) is 12.4 Å². The summed E-state index contributed by atoms with van der Waals surface area (Å²) in [5.74, 6) is 0.976. The average molecular weight is 300 g/mol. The fraction of sp³-hybridized carbons (Fsp3) is 0.438. The quantitative estimate of drug-likeness (QED) is 0.904. The van der Waals surface area contributed by atoms with E-state index >= 15 is 0 Å². The van der Waals surface area contributed by atoms with Gasteiger partial charge in [0, 0.05) is 18.0 Å². The third kappa shape index (κ3) is 3.01. The number of nitrogens with one attached hydrogen (secondary N) is 1. The van der Waals surface area contributed by atoms with Crippen molar-refractivity contribution in [1.29, 1.82) is 0 Å². The van der Waals surface area contributed by atoms with Crippen molar-refractivity contribution >= 4 is 5.97 Å². The number of nitrogens with zero attached hydrogens (tertiary/aromatic N) is 3. The summed E-state index contributed by atoms with van der Waals surface area (Å²) >= 11 is 0. The Kier molecular flexibility index (Phi) is 4.20. The first-order chi connectivity index (χ1) is 10.6. The number of likely N-dealkylation sites (tertiary alicyclic amines) is 1. The molecule has 116 valence electrons. The van der Waals surface area contributed by atoms with Gasteiger partial charge in [0.25, 0.3) is 0 Å². The summed E-state index contributed by atoms with van der Waals surface area (Å²) in [6, 6.07) is 9.38. The summed E-state index contributed by atoms with van der Waals surface area (Å²) in [7, 11) is 0. The van der Waals surface area contributed by atoms with Crippen molar-refractivity contribution in [3.8, 4) is 11.4 Å². The van der Waals surface area contributed by atoms with Crippen LogP contribution in [0, 0.1) is 0 Å². The van der Waals surface area contributed by atoms with Crippen LogP contribution < -0.4 is 0 Å². The molecule has 2 unspecified atom stereocenters. The van der Waals surface area contributed by atoms with Gasteiger partial charge in [-0.1, -0.05) is 30.3 Å². The second kappa shape index (κ2) is 6.27. The Morgan fingerprint density at radius 1 is 1.41 bits per heavy atom. The van der Waals surface area contributed by atoms with Crippen LogP contribution in [0.2, 0.25) is 0 Å². The molecular weight excluding hydrogens is 280 g/mol. The second-order valence-corrected chi connectivity index (χ2v) is 5.76. The summed E-state index contributed by atoms with van der Waals surface area (Å²) in [5.41, 5.74) is 0.983. The van der Waals surface area contributed by atoms with Gasteiger partial charge in [0.2, 0.25) is 0 Å². The van der Waals surface area contributed by atoms with Crippen molar-refractivity contribution in [1.82, 2.24) is 20.1 Å². The Labute approximate surface area is 129 Å². The number of piperidine rings is 1. The molecule has 2 aromatic rings. The molecule has 2 heterocycles. The lowest BCUT2D eigenvalue weighted by molar-refractivity contribution is -0.143. The first-order valence-electron chi connectivity index (χ1n) is 7.59. The first kappa shape index (κ1) is 14.7. The molecule has 0 radical (unpaired) electrons. The maximum Gasteiger partial charge on any atom is 0.320 e. The highest BCUT2D eigenvalue weighted by Gasteiger charge is 2.29. The highest BCUT2D eigenvalue weighted by Crippen LogP contribution is 2.27. The van der Waals surface area contributed by atoms with Crippen LogP contribution in [0.15, 0.2) is 30.3 Å². The van der Waals surface area contributed by atoms with Crippen LogP contribution in [-0.4, -0.2) is 50.3 Å². The van der Waals surface area contributed by atoms with E-state index in [1.807, 2.05) is 35.2 Å². The lowest BCUT2D eigenvalue weighted by Crippen LogP contribution is -2.44. The van der Waals surface area contributed by atoms with E-state index in [1.165, 1.54) is 0 Å². The molecule has 1 fully saturated rings. The third-order valence-corrected chi connectivity index (χ3v) is 4.28. The predicted molar refractivity (Wildman–Crippen MR) is 82.5 cm³/mol. The van der Waals surface area contributed by atoms with Crippen LogP contribution in [0.3, 0.4) is 0 Å². The highest BCUT2D eigenvalue weighted by molar-refractivity contribution is 5.72. The van der Waals surface area contributed by atoms with Crippen molar-refractivity contribution in [3.05, 3.63) is 36.2 Å². The summed E-state index contributed by atoms with van der Waals surface area (Å²) in [6.07, 6.45) is 1.98. The number of carboxylic acid groups (broad SMARTS) is 1. The smallest absolute Gasteiger partial charge is 0.320 e. The molecule has 1 aromatic carbocycles. The van der Waals surface area contributed by atoms with E-state index in [4.69, 9.17) is 5.11 Å². The Hall–Kier alpha value is -2.21. The van der Waals surface area contributed by atoms with Gasteiger partial charge in [-0.15, -0.1) is 0 Å². The van der Waals surface area contributed by atoms with Crippen LogP contribution in [0.5, 0.6) is 0 Å². The summed E-state index contributed by atoms with van der Waals surface area (Å²) in [4.78, 5) is 17.8. The van der Waals surface area contributed by atoms with Crippen molar-refractivity contribution in [3.63, 3.8) is 0 Å². The molecule has 0 spiro atoms. The monoisotopic (exact) mass is 300 g/mol. The predicted octanol–water partition coefficient (Wildman–Crippen LogP) is 2.12. The molecule has 2 N–H and O–H groups in total. The highest BCUT2D eigenvalue weighted by atomic mass is 16.4. The normalized spacial score (nSPS) is 20.7. The Balaban J connectivity index is 1.74. The lowest BCUT2D eigenvalue weighted by atomic mass is 9.96. The molecule has 2 atom stereocenters. The molecule has 0 bridgehead atoms. The largest absolute Gasteiger partial charge is 0.480 e. The molecule has 3 rings (SSSR count). The van der Waals surface area contributed by atoms with E-state index in [9.17, 15) is 4.79 Å². The molecule has 0 aliphatic carbocycles. The van der Waals surface area contributed by atoms with Crippen LogP contribution in [-0.2, 0) is 4.79 Å². The summed E-state index contributed by atoms with van der Waals surface area (Å²) in [6.45, 7) is 3.26. The first-order valence-corrected chi connectivity index (χ1v) is 7.59. The lowest BCUT2D eigenvalue weighted by Gasteiger charge is -2.34. The van der Waals surface area contributed by atoms with Gasteiger partial charge in [-0.2, -0.15) is 5.10 Å². The molecule has 22 heavy (non-hydrogen) atoms. The van der Waals surface area contributed by atoms with Crippen LogP contribution in [0.1, 0.15) is 31.5 Å². The SMILES string of the molecule is CC(C(=O)O)N1CCCC(c2nc(-c3ccccc3)n[nH]2)C1. The van der Waals surface area contributed by atoms with Crippen LogP contribution in [0.4, 0.5) is 0 Å². The van der Waals surface area contributed by atoms with E-state index in [0.717, 1.165) is 30.8 Å². The summed E-state index contributed by atoms with van der Waals surface area (Å²) < 4.78 is 0. The van der Waals surface area contributed by atoms with Gasteiger partial charge in [0.15, 0.2) is 5.82 Å². The van der Waals surface area contributed by atoms with Crippen LogP contribution >= 0.6 is 0 Å². The van der Waals surface area contributed by atoms with Gasteiger partial charge in [-0.3, -0.25) is 14.8 Å². The standard InChI is InChI=1S/C16H20N4O2/c1-11(16(21)22)20-9-5-8-13(10-20)15-17-14(18-19-15)12-6-3-2-4-7-12/h2-4,6-7,11,13H,5,8-10H2,1H3,(H,21,22)(H,17,18,19). The molecule has 6 nitrogen and oxygen atoms in total. The van der Waals surface area contributed by atoms with Crippen molar-refractivity contribution in [2.24, 2.45) is 0 Å². The van der Waals surface area contributed by atoms with Gasteiger partial charge >= 0.3 is 5.97 Å². The molecule has 1 aromatic heterocycles. The van der Waals surface area contributed by atoms with Gasteiger partial charge in [-0.25, -0.2) is 4.98 Å². The molecular formula is C16H20N4O2. The number of H-pyrrole nitrogens is 1. The number of hydrogen-bond acceptors (Lipinski definition) is 4. The van der Waals surface area contributed by atoms with Crippen molar-refractivity contribution in [2.45, 2.75) is 31.7 Å². The van der Waals surface area contributed by atoms with Crippen molar-refractivity contribution < 1.29 is 9.90 Å². The minimum atomic E-state index is -0.775. The summed E-state index contributed by atoms with van der Waals surface area (Å²) in [5, 5.41) is 16.5. The minimum Gasteiger partial charge on any atom is -0.480 e. The van der Waals surface area contributed by atoms with Crippen LogP contribution in [0.25, 0.3) is 11.4 Å². The number of carboxylic acids is 1. The number of aliphatic carboxylic acids is 1. The fourth-order valence-corrected chi connectivity index (χ4v) is 2.91. The van der Waals surface area contributed by atoms with Gasteiger partial charge < -0.3 is 5.11 Å². The van der Waals surface area contributed by atoms with Gasteiger partial charge in [-0.05, 0) is 26.3 Å². The molecule has 1 aliphatic rings. The number of carbonyl (C=O) groups is 1. The minimum absolute atomic E-state index is 0.209. The Morgan fingerprint density at radius 3 is 2.91 bits per heavy atom. The zero-order valence-electron chi connectivity index (χ0n) is 12.6. The molecule has 1 saturated heterocycles. The molecule has 0 amide bonds. The molecule has 0 saturated carbocycles. The molecule has 6 heteroatoms. The van der Waals surface area contributed by atoms with Crippen molar-refractivity contribution in [2.75, 3.05) is 13.1 Å². The maximum atomic E-state index is 11.2. The Bertz CT molecular complexity index is 641. The van der Waals surface area contributed by atoms with E-state index in [-0.39, 0.29) is 5.92 Å². The Morgan fingerprint density at radius 2 is 2.18 bits per heavy atom. The van der Waals surface area contributed by atoms with E-state index < -0.39 is 12.0 Å². The average Bonchev–Trinajstić information content (AvgIpc) is 3.05. The number of aromatic amines is 1. The number of aromatic nitrogens is 3. The number of benzene rings is 1. The number of rotatable bonds is 4. The maximum absolute atomic E-state index is 11.2. The van der Waals surface area contributed by atoms with E-state index in [2.05, 4.69) is 15.2 Å². The molecule has 1 aliphatic heterocycles. The zero-order valence-corrected chi connectivity index (χ0v) is 12.6. The zero-order chi connectivity index (χ0) is 15.5. The number of hydrogen-bond donors (Lipinski definition) is 2.